The Morgan fingerprint density at radius 1 is 1.06 bits per heavy atom. The Hall–Kier alpha value is -3.87. The van der Waals surface area contributed by atoms with E-state index in [1.165, 1.54) is 7.11 Å². The number of methoxy groups -OCH3 is 1. The number of carbonyl (C=O) groups is 1. The van der Waals surface area contributed by atoms with Gasteiger partial charge in [0.2, 0.25) is 5.88 Å². The van der Waals surface area contributed by atoms with Gasteiger partial charge in [-0.05, 0) is 49.2 Å². The molecule has 2 N–H and O–H groups in total. The maximum Gasteiger partial charge on any atom is 0.573 e. The van der Waals surface area contributed by atoms with Crippen LogP contribution in [0.3, 0.4) is 0 Å². The lowest BCUT2D eigenvalue weighted by Crippen LogP contribution is -2.21. The summed E-state index contributed by atoms with van der Waals surface area (Å²) < 4.78 is 89.1. The van der Waals surface area contributed by atoms with Crippen LogP contribution in [0.25, 0.3) is 0 Å². The fourth-order valence-corrected chi connectivity index (χ4v) is 4.45. The van der Waals surface area contributed by atoms with Gasteiger partial charge < -0.3 is 14.8 Å². The summed E-state index contributed by atoms with van der Waals surface area (Å²) in [5.74, 6) is -3.42. The zero-order chi connectivity index (χ0) is 26.0. The van der Waals surface area contributed by atoms with Crippen molar-refractivity contribution in [2.24, 2.45) is 0 Å². The van der Waals surface area contributed by atoms with Gasteiger partial charge in [0.15, 0.2) is 4.90 Å². The van der Waals surface area contributed by atoms with Crippen molar-refractivity contribution in [2.75, 3.05) is 17.1 Å². The van der Waals surface area contributed by atoms with Crippen LogP contribution in [0.4, 0.5) is 28.9 Å². The standard InChI is InChI=1S/C22H19F4N3O5S/c1-12-5-4-6-13(2)19(12)29-35(31,32)18-10-15(11-27-21(18)33-3)28-20(30)16-9-14(23)7-8-17(16)34-22(24,25)26/h4-11,29H,1-3H3,(H,28,30). The first kappa shape index (κ1) is 25.7. The number of nitrogens with one attached hydrogen (secondary N) is 2. The molecule has 0 aliphatic rings. The van der Waals surface area contributed by atoms with Crippen molar-refractivity contribution in [3.8, 4) is 11.6 Å². The van der Waals surface area contributed by atoms with Crippen LogP contribution in [-0.4, -0.2) is 32.8 Å². The molecule has 0 bridgehead atoms. The number of hydrogen-bond acceptors (Lipinski definition) is 6. The number of nitrogens with zero attached hydrogens (tertiary/aromatic N) is 1. The summed E-state index contributed by atoms with van der Waals surface area (Å²) in [6.45, 7) is 3.41. The second-order valence-electron chi connectivity index (χ2n) is 7.25. The van der Waals surface area contributed by atoms with E-state index in [4.69, 9.17) is 4.74 Å². The number of aromatic nitrogens is 1. The number of alkyl halides is 3. The van der Waals surface area contributed by atoms with Gasteiger partial charge in [-0.1, -0.05) is 18.2 Å². The Morgan fingerprint density at radius 2 is 1.71 bits per heavy atom. The molecule has 0 atom stereocenters. The average Bonchev–Trinajstić information content (AvgIpc) is 2.76. The third-order valence-corrected chi connectivity index (χ3v) is 6.03. The summed E-state index contributed by atoms with van der Waals surface area (Å²) in [5, 5.41) is 2.20. The predicted molar refractivity (Wildman–Crippen MR) is 119 cm³/mol. The molecule has 0 aliphatic heterocycles. The van der Waals surface area contributed by atoms with Crippen LogP contribution in [0.1, 0.15) is 21.5 Å². The van der Waals surface area contributed by atoms with Gasteiger partial charge in [0.05, 0.1) is 30.2 Å². The number of amides is 1. The summed E-state index contributed by atoms with van der Waals surface area (Å²) in [5.41, 5.74) is 0.648. The van der Waals surface area contributed by atoms with Crippen LogP contribution in [0, 0.1) is 19.7 Å². The summed E-state index contributed by atoms with van der Waals surface area (Å²) in [6, 6.07) is 8.05. The number of sulfonamides is 1. The van der Waals surface area contributed by atoms with Crippen LogP contribution in [0.15, 0.2) is 53.6 Å². The third-order valence-electron chi connectivity index (χ3n) is 4.69. The molecular formula is C22H19F4N3O5S. The number of pyridine rings is 1. The summed E-state index contributed by atoms with van der Waals surface area (Å²) >= 11 is 0. The normalized spacial score (nSPS) is 11.6. The Kier molecular flexibility index (Phi) is 7.19. The van der Waals surface area contributed by atoms with E-state index in [1.807, 2.05) is 0 Å². The Bertz CT molecular complexity index is 1360. The number of para-hydroxylation sites is 1. The first-order valence-electron chi connectivity index (χ1n) is 9.80. The number of rotatable bonds is 7. The van der Waals surface area contributed by atoms with Crippen molar-refractivity contribution >= 4 is 27.3 Å². The van der Waals surface area contributed by atoms with Crippen molar-refractivity contribution < 1.29 is 40.2 Å². The maximum absolute atomic E-state index is 13.6. The van der Waals surface area contributed by atoms with Crippen LogP contribution >= 0.6 is 0 Å². The molecule has 0 fully saturated rings. The molecule has 8 nitrogen and oxygen atoms in total. The molecule has 0 spiro atoms. The smallest absolute Gasteiger partial charge is 0.480 e. The van der Waals surface area contributed by atoms with Gasteiger partial charge in [-0.15, -0.1) is 13.2 Å². The fourth-order valence-electron chi connectivity index (χ4n) is 3.10. The van der Waals surface area contributed by atoms with E-state index in [1.54, 1.807) is 32.0 Å². The first-order valence-corrected chi connectivity index (χ1v) is 11.3. The minimum absolute atomic E-state index is 0.208. The van der Waals surface area contributed by atoms with E-state index in [-0.39, 0.29) is 11.6 Å². The second-order valence-corrected chi connectivity index (χ2v) is 8.90. The number of hydrogen-bond donors (Lipinski definition) is 2. The number of aryl methyl sites for hydroxylation is 2. The van der Waals surface area contributed by atoms with Crippen molar-refractivity contribution in [2.45, 2.75) is 25.1 Å². The van der Waals surface area contributed by atoms with Gasteiger partial charge in [-0.2, -0.15) is 0 Å². The highest BCUT2D eigenvalue weighted by atomic mass is 32.2. The maximum atomic E-state index is 13.6. The number of benzene rings is 2. The van der Waals surface area contributed by atoms with E-state index in [0.717, 1.165) is 12.3 Å². The molecule has 0 aliphatic carbocycles. The van der Waals surface area contributed by atoms with E-state index < -0.39 is 44.3 Å². The summed E-state index contributed by atoms with van der Waals surface area (Å²) in [4.78, 5) is 16.0. The number of halogens is 4. The number of ether oxygens (including phenoxy) is 2. The quantitative estimate of drug-likeness (QED) is 0.440. The lowest BCUT2D eigenvalue weighted by molar-refractivity contribution is -0.274. The lowest BCUT2D eigenvalue weighted by atomic mass is 10.1. The van der Waals surface area contributed by atoms with Crippen molar-refractivity contribution in [3.63, 3.8) is 0 Å². The molecule has 1 aromatic heterocycles. The van der Waals surface area contributed by atoms with Crippen LogP contribution in [0.2, 0.25) is 0 Å². The lowest BCUT2D eigenvalue weighted by Gasteiger charge is -2.16. The molecule has 0 saturated carbocycles. The van der Waals surface area contributed by atoms with Gasteiger partial charge in [0.25, 0.3) is 15.9 Å². The van der Waals surface area contributed by atoms with Gasteiger partial charge >= 0.3 is 6.36 Å². The molecule has 0 radical (unpaired) electrons. The molecule has 0 unspecified atom stereocenters. The molecule has 2 aromatic carbocycles. The van der Waals surface area contributed by atoms with E-state index in [9.17, 15) is 30.8 Å². The molecule has 0 saturated heterocycles. The van der Waals surface area contributed by atoms with E-state index in [2.05, 4.69) is 19.8 Å². The molecule has 13 heteroatoms. The van der Waals surface area contributed by atoms with Crippen LogP contribution < -0.4 is 19.5 Å². The molecule has 1 amide bonds. The van der Waals surface area contributed by atoms with Crippen molar-refractivity contribution in [1.82, 2.24) is 4.98 Å². The topological polar surface area (TPSA) is 107 Å². The molecule has 35 heavy (non-hydrogen) atoms. The monoisotopic (exact) mass is 513 g/mol. The zero-order valence-electron chi connectivity index (χ0n) is 18.5. The highest BCUT2D eigenvalue weighted by Crippen LogP contribution is 2.31. The summed E-state index contributed by atoms with van der Waals surface area (Å²) in [7, 11) is -3.10. The van der Waals surface area contributed by atoms with Gasteiger partial charge in [-0.25, -0.2) is 17.8 Å². The Labute approximate surface area is 198 Å². The Morgan fingerprint density at radius 3 is 2.31 bits per heavy atom. The number of anilines is 2. The van der Waals surface area contributed by atoms with Gasteiger partial charge in [-0.3, -0.25) is 9.52 Å². The summed E-state index contributed by atoms with van der Waals surface area (Å²) in [6.07, 6.45) is -4.10. The zero-order valence-corrected chi connectivity index (χ0v) is 19.3. The minimum atomic E-state index is -5.13. The first-order chi connectivity index (χ1) is 16.3. The minimum Gasteiger partial charge on any atom is -0.480 e. The van der Waals surface area contributed by atoms with E-state index in [0.29, 0.717) is 35.0 Å². The third kappa shape index (κ3) is 6.18. The largest absolute Gasteiger partial charge is 0.573 e. The van der Waals surface area contributed by atoms with Crippen LogP contribution in [-0.2, 0) is 10.0 Å². The van der Waals surface area contributed by atoms with Crippen LogP contribution in [0.5, 0.6) is 11.6 Å². The Balaban J connectivity index is 1.97. The second kappa shape index (κ2) is 9.78. The molecule has 3 rings (SSSR count). The highest BCUT2D eigenvalue weighted by Gasteiger charge is 2.33. The SMILES string of the molecule is COc1ncc(NC(=O)c2cc(F)ccc2OC(F)(F)F)cc1S(=O)(=O)Nc1c(C)cccc1C. The molecule has 1 heterocycles. The van der Waals surface area contributed by atoms with Gasteiger partial charge in [0.1, 0.15) is 11.6 Å². The molecular weight excluding hydrogens is 494 g/mol. The van der Waals surface area contributed by atoms with Crippen molar-refractivity contribution in [3.05, 3.63) is 71.2 Å². The van der Waals surface area contributed by atoms with Gasteiger partial charge in [0, 0.05) is 0 Å². The van der Waals surface area contributed by atoms with Crippen molar-refractivity contribution in [1.29, 1.82) is 0 Å². The predicted octanol–water partition coefficient (Wildman–Crippen LogP) is 4.80. The van der Waals surface area contributed by atoms with E-state index >= 15 is 0 Å². The average molecular weight is 513 g/mol. The fraction of sp³-hybridized carbons (Fsp3) is 0.182. The highest BCUT2D eigenvalue weighted by molar-refractivity contribution is 7.92. The molecule has 186 valence electrons. The number of carbonyl (C=O) groups excluding carboxylic acids is 1. The molecule has 3 aromatic rings.